The molecule has 6 heteroatoms. The summed E-state index contributed by atoms with van der Waals surface area (Å²) in [6.07, 6.45) is 3.26. The van der Waals surface area contributed by atoms with Crippen LogP contribution in [0.1, 0.15) is 0 Å². The van der Waals surface area contributed by atoms with Gasteiger partial charge in [-0.3, -0.25) is 5.10 Å². The summed E-state index contributed by atoms with van der Waals surface area (Å²) in [5.41, 5.74) is 2.11. The van der Waals surface area contributed by atoms with Gasteiger partial charge in [-0.2, -0.15) is 5.10 Å². The van der Waals surface area contributed by atoms with E-state index in [9.17, 15) is 0 Å². The van der Waals surface area contributed by atoms with Crippen LogP contribution in [0, 0.1) is 0 Å². The van der Waals surface area contributed by atoms with Crippen LogP contribution in [0.4, 0.5) is 0 Å². The molecular formula is C14H14N2O4. The highest BCUT2D eigenvalue weighted by Gasteiger charge is 2.25. The normalized spacial score (nSPS) is 10.8. The van der Waals surface area contributed by atoms with Crippen LogP contribution in [0.15, 0.2) is 29.0 Å². The van der Waals surface area contributed by atoms with Crippen molar-refractivity contribution in [3.63, 3.8) is 0 Å². The van der Waals surface area contributed by atoms with E-state index in [1.807, 2.05) is 12.1 Å². The topological polar surface area (TPSA) is 69.5 Å². The number of nitrogens with zero attached hydrogens (tertiary/aromatic N) is 1. The molecule has 1 aromatic carbocycles. The van der Waals surface area contributed by atoms with E-state index in [1.54, 1.807) is 33.8 Å². The molecule has 0 unspecified atom stereocenters. The molecule has 0 aliphatic carbocycles. The van der Waals surface area contributed by atoms with Crippen molar-refractivity contribution in [2.24, 2.45) is 0 Å². The van der Waals surface area contributed by atoms with Gasteiger partial charge in [0.2, 0.25) is 5.75 Å². The predicted octanol–water partition coefficient (Wildman–Crippen LogP) is 2.85. The van der Waals surface area contributed by atoms with Crippen LogP contribution in [-0.4, -0.2) is 31.5 Å². The van der Waals surface area contributed by atoms with Crippen molar-refractivity contribution in [1.29, 1.82) is 0 Å². The van der Waals surface area contributed by atoms with Crippen LogP contribution in [-0.2, 0) is 0 Å². The Kier molecular flexibility index (Phi) is 2.98. The quantitative estimate of drug-likeness (QED) is 0.792. The van der Waals surface area contributed by atoms with E-state index in [4.69, 9.17) is 18.6 Å². The minimum atomic E-state index is 0.526. The monoisotopic (exact) mass is 274 g/mol. The third-order valence-corrected chi connectivity index (χ3v) is 3.16. The molecule has 3 rings (SSSR count). The van der Waals surface area contributed by atoms with E-state index < -0.39 is 0 Å². The number of fused-ring (bicyclic) bond motifs is 1. The number of rotatable bonds is 4. The molecule has 0 radical (unpaired) electrons. The number of benzene rings is 1. The summed E-state index contributed by atoms with van der Waals surface area (Å²) >= 11 is 0. The molecule has 20 heavy (non-hydrogen) atoms. The average Bonchev–Trinajstić information content (AvgIpc) is 3.15. The van der Waals surface area contributed by atoms with Gasteiger partial charge < -0.3 is 18.6 Å². The Balaban J connectivity index is 2.47. The highest BCUT2D eigenvalue weighted by molar-refractivity contribution is 6.00. The number of aromatic amines is 1. The third-order valence-electron chi connectivity index (χ3n) is 3.16. The summed E-state index contributed by atoms with van der Waals surface area (Å²) in [6, 6.07) is 3.67. The Morgan fingerprint density at radius 2 is 1.75 bits per heavy atom. The van der Waals surface area contributed by atoms with Crippen LogP contribution in [0.2, 0.25) is 0 Å². The first-order chi connectivity index (χ1) is 9.81. The van der Waals surface area contributed by atoms with Crippen LogP contribution < -0.4 is 14.2 Å². The van der Waals surface area contributed by atoms with E-state index in [1.165, 1.54) is 0 Å². The minimum absolute atomic E-state index is 0.526. The van der Waals surface area contributed by atoms with Crippen LogP contribution in [0.3, 0.4) is 0 Å². The highest BCUT2D eigenvalue weighted by atomic mass is 16.5. The Hall–Kier alpha value is -2.63. The average molecular weight is 274 g/mol. The lowest BCUT2D eigenvalue weighted by atomic mass is 10.1. The summed E-state index contributed by atoms with van der Waals surface area (Å²) in [6.45, 7) is 0. The molecule has 0 amide bonds. The smallest absolute Gasteiger partial charge is 0.205 e. The van der Waals surface area contributed by atoms with Gasteiger partial charge in [0, 0.05) is 6.20 Å². The lowest BCUT2D eigenvalue weighted by Gasteiger charge is -2.16. The van der Waals surface area contributed by atoms with Crippen molar-refractivity contribution < 1.29 is 18.6 Å². The number of hydrogen-bond donors (Lipinski definition) is 1. The fourth-order valence-corrected chi connectivity index (χ4v) is 2.35. The van der Waals surface area contributed by atoms with Crippen molar-refractivity contribution in [2.75, 3.05) is 21.3 Å². The first-order valence-electron chi connectivity index (χ1n) is 6.00. The molecule has 104 valence electrons. The number of H-pyrrole nitrogens is 1. The lowest BCUT2D eigenvalue weighted by Crippen LogP contribution is -1.98. The molecule has 0 fully saturated rings. The maximum atomic E-state index is 5.54. The largest absolute Gasteiger partial charge is 0.495 e. The Morgan fingerprint density at radius 3 is 2.35 bits per heavy atom. The second kappa shape index (κ2) is 4.80. The standard InChI is InChI=1S/C14H14N2O4/c1-17-11-8-5-7-20-12(8)14(19-3)13(18-2)10(11)9-4-6-15-16-9/h4-7H,1-3H3,(H,15,16). The number of nitrogens with one attached hydrogen (secondary N) is 1. The molecule has 0 aliphatic rings. The van der Waals surface area contributed by atoms with Gasteiger partial charge in [0.15, 0.2) is 11.3 Å². The van der Waals surface area contributed by atoms with E-state index in [2.05, 4.69) is 10.2 Å². The summed E-state index contributed by atoms with van der Waals surface area (Å²) in [7, 11) is 4.75. The maximum absolute atomic E-state index is 5.54. The van der Waals surface area contributed by atoms with Crippen LogP contribution in [0.25, 0.3) is 22.2 Å². The molecule has 0 spiro atoms. The maximum Gasteiger partial charge on any atom is 0.205 e. The van der Waals surface area contributed by atoms with Crippen molar-refractivity contribution in [3.05, 3.63) is 24.6 Å². The van der Waals surface area contributed by atoms with Gasteiger partial charge in [0.05, 0.1) is 44.2 Å². The van der Waals surface area contributed by atoms with Gasteiger partial charge in [-0.05, 0) is 12.1 Å². The summed E-state index contributed by atoms with van der Waals surface area (Å²) < 4.78 is 22.0. The van der Waals surface area contributed by atoms with Crippen molar-refractivity contribution in [3.8, 4) is 28.5 Å². The number of furan rings is 1. The van der Waals surface area contributed by atoms with Crippen LogP contribution in [0.5, 0.6) is 17.2 Å². The lowest BCUT2D eigenvalue weighted by molar-refractivity contribution is 0.350. The Labute approximate surface area is 115 Å². The zero-order valence-electron chi connectivity index (χ0n) is 11.4. The van der Waals surface area contributed by atoms with Gasteiger partial charge in [-0.1, -0.05) is 0 Å². The van der Waals surface area contributed by atoms with Crippen molar-refractivity contribution >= 4 is 11.0 Å². The molecule has 2 aromatic heterocycles. The zero-order valence-corrected chi connectivity index (χ0v) is 11.4. The molecular weight excluding hydrogens is 260 g/mol. The molecule has 0 saturated heterocycles. The van der Waals surface area contributed by atoms with Gasteiger partial charge in [-0.15, -0.1) is 0 Å². The molecule has 6 nitrogen and oxygen atoms in total. The molecule has 0 aliphatic heterocycles. The van der Waals surface area contributed by atoms with Gasteiger partial charge in [0.25, 0.3) is 0 Å². The fraction of sp³-hybridized carbons (Fsp3) is 0.214. The van der Waals surface area contributed by atoms with E-state index in [-0.39, 0.29) is 0 Å². The Morgan fingerprint density at radius 1 is 1.00 bits per heavy atom. The van der Waals surface area contributed by atoms with Gasteiger partial charge >= 0.3 is 0 Å². The molecule has 0 atom stereocenters. The van der Waals surface area contributed by atoms with E-state index in [0.717, 1.165) is 16.6 Å². The zero-order chi connectivity index (χ0) is 14.1. The molecule has 3 aromatic rings. The number of ether oxygens (including phenoxy) is 3. The summed E-state index contributed by atoms with van der Waals surface area (Å²) in [4.78, 5) is 0. The SMILES string of the molecule is COc1c(-c2ccn[nH]2)c(OC)c2ccoc2c1OC. The Bertz CT molecular complexity index is 731. The fourth-order valence-electron chi connectivity index (χ4n) is 2.35. The van der Waals surface area contributed by atoms with Crippen molar-refractivity contribution in [1.82, 2.24) is 10.2 Å². The van der Waals surface area contributed by atoms with Gasteiger partial charge in [-0.25, -0.2) is 0 Å². The third kappa shape index (κ3) is 1.61. The number of aromatic nitrogens is 2. The molecule has 0 saturated carbocycles. The number of methoxy groups -OCH3 is 3. The predicted molar refractivity (Wildman–Crippen MR) is 73.5 cm³/mol. The first-order valence-corrected chi connectivity index (χ1v) is 6.00. The van der Waals surface area contributed by atoms with E-state index in [0.29, 0.717) is 22.8 Å². The van der Waals surface area contributed by atoms with Crippen molar-refractivity contribution in [2.45, 2.75) is 0 Å². The molecule has 2 heterocycles. The molecule has 0 bridgehead atoms. The minimum Gasteiger partial charge on any atom is -0.495 e. The number of hydrogen-bond acceptors (Lipinski definition) is 5. The second-order valence-electron chi connectivity index (χ2n) is 4.11. The van der Waals surface area contributed by atoms with Crippen LogP contribution >= 0.6 is 0 Å². The highest BCUT2D eigenvalue weighted by Crippen LogP contribution is 2.50. The second-order valence-corrected chi connectivity index (χ2v) is 4.11. The summed E-state index contributed by atoms with van der Waals surface area (Å²) in [5.74, 6) is 1.71. The van der Waals surface area contributed by atoms with E-state index >= 15 is 0 Å². The van der Waals surface area contributed by atoms with Gasteiger partial charge in [0.1, 0.15) is 5.75 Å². The molecule has 1 N–H and O–H groups in total. The first kappa shape index (κ1) is 12.4. The summed E-state index contributed by atoms with van der Waals surface area (Å²) in [5, 5.41) is 7.70.